The third-order valence-electron chi connectivity index (χ3n) is 4.89. The van der Waals surface area contributed by atoms with Gasteiger partial charge < -0.3 is 15.1 Å². The Morgan fingerprint density at radius 1 is 1.06 bits per heavy atom. The molecule has 31 heavy (non-hydrogen) atoms. The van der Waals surface area contributed by atoms with Crippen LogP contribution in [0.4, 0.5) is 5.69 Å². The number of benzene rings is 2. The summed E-state index contributed by atoms with van der Waals surface area (Å²) >= 11 is 3.09. The van der Waals surface area contributed by atoms with Gasteiger partial charge in [0, 0.05) is 17.0 Å². The molecule has 158 valence electrons. The monoisotopic (exact) mass is 453 g/mol. The minimum Gasteiger partial charge on any atom is -0.480 e. The third kappa shape index (κ3) is 4.50. The number of aromatic nitrogens is 1. The van der Waals surface area contributed by atoms with Gasteiger partial charge >= 0.3 is 11.9 Å². The zero-order valence-electron chi connectivity index (χ0n) is 16.8. The molecule has 0 bridgehead atoms. The molecule has 0 unspecified atom stereocenters. The van der Waals surface area contributed by atoms with Crippen molar-refractivity contribution in [1.82, 2.24) is 0 Å². The molecule has 0 atom stereocenters. The van der Waals surface area contributed by atoms with Crippen LogP contribution in [0.25, 0.3) is 16.3 Å². The fourth-order valence-electron chi connectivity index (χ4n) is 3.48. The number of rotatable bonds is 7. The van der Waals surface area contributed by atoms with Crippen molar-refractivity contribution in [2.45, 2.75) is 24.8 Å². The zero-order valence-corrected chi connectivity index (χ0v) is 18.4. The fourth-order valence-corrected chi connectivity index (χ4v) is 5.76. The number of thiazole rings is 1. The van der Waals surface area contributed by atoms with Crippen molar-refractivity contribution in [2.75, 3.05) is 11.4 Å². The van der Waals surface area contributed by atoms with E-state index < -0.39 is 11.9 Å². The van der Waals surface area contributed by atoms with E-state index in [1.54, 1.807) is 23.1 Å². The lowest BCUT2D eigenvalue weighted by Gasteiger charge is -2.18. The summed E-state index contributed by atoms with van der Waals surface area (Å²) in [4.78, 5) is 25.7. The van der Waals surface area contributed by atoms with Gasteiger partial charge in [0.05, 0.1) is 10.7 Å². The molecule has 1 aliphatic heterocycles. The Morgan fingerprint density at radius 2 is 1.81 bits per heavy atom. The van der Waals surface area contributed by atoms with Crippen LogP contribution in [-0.2, 0) is 16.1 Å². The van der Waals surface area contributed by atoms with E-state index in [1.165, 1.54) is 0 Å². The summed E-state index contributed by atoms with van der Waals surface area (Å²) in [5, 5.41) is 20.5. The van der Waals surface area contributed by atoms with Crippen LogP contribution >= 0.6 is 23.1 Å². The standard InChI is InChI=1S/C23H20N2O4S2/c1-2-15(11-20-24(13-22(26)27)16-7-3-5-9-18(16)30-20)12-21-25(14-23(28)29)17-8-4-6-10-19(17)31-21/h3-12H,2,13-14H2,1H3,(H-,26,27,28,29)/p+1. The summed E-state index contributed by atoms with van der Waals surface area (Å²) in [6.45, 7) is 1.80. The number of carbonyl (C=O) groups is 2. The molecule has 2 heterocycles. The van der Waals surface area contributed by atoms with Crippen LogP contribution in [-0.4, -0.2) is 28.7 Å². The Hall–Kier alpha value is -3.10. The molecule has 0 saturated carbocycles. The molecular formula is C23H21N2O4S2+. The second-order valence-corrected chi connectivity index (χ2v) is 9.12. The van der Waals surface area contributed by atoms with Crippen LogP contribution in [0.2, 0.25) is 0 Å². The lowest BCUT2D eigenvalue weighted by atomic mass is 10.2. The molecule has 2 aromatic carbocycles. The second kappa shape index (κ2) is 8.95. The predicted molar refractivity (Wildman–Crippen MR) is 123 cm³/mol. The molecule has 0 amide bonds. The van der Waals surface area contributed by atoms with Gasteiger partial charge in [0.25, 0.3) is 5.01 Å². The molecule has 0 spiro atoms. The summed E-state index contributed by atoms with van der Waals surface area (Å²) in [6.07, 6.45) is 4.73. The molecule has 8 heteroatoms. The zero-order chi connectivity index (χ0) is 22.0. The van der Waals surface area contributed by atoms with Crippen LogP contribution in [0.15, 0.2) is 70.1 Å². The van der Waals surface area contributed by atoms with Crippen molar-refractivity contribution in [3.8, 4) is 0 Å². The maximum atomic E-state index is 11.5. The van der Waals surface area contributed by atoms with Gasteiger partial charge in [-0.3, -0.25) is 4.79 Å². The Bertz CT molecular complexity index is 1230. The molecule has 3 aromatic rings. The van der Waals surface area contributed by atoms with Crippen LogP contribution < -0.4 is 9.47 Å². The number of carboxylic acid groups (broad SMARTS) is 2. The van der Waals surface area contributed by atoms with Crippen molar-refractivity contribution >= 4 is 57.0 Å². The number of hydrogen-bond donors (Lipinski definition) is 2. The summed E-state index contributed by atoms with van der Waals surface area (Å²) in [6, 6.07) is 15.5. The number of allylic oxidation sites excluding steroid dienone is 2. The van der Waals surface area contributed by atoms with Crippen LogP contribution in [0, 0.1) is 0 Å². The highest BCUT2D eigenvalue weighted by molar-refractivity contribution is 8.03. The topological polar surface area (TPSA) is 81.7 Å². The van der Waals surface area contributed by atoms with Gasteiger partial charge in [0.2, 0.25) is 12.1 Å². The van der Waals surface area contributed by atoms with Gasteiger partial charge in [-0.25, -0.2) is 4.79 Å². The van der Waals surface area contributed by atoms with Crippen LogP contribution in [0.1, 0.15) is 18.4 Å². The van der Waals surface area contributed by atoms with Crippen molar-refractivity contribution < 1.29 is 24.4 Å². The van der Waals surface area contributed by atoms with Gasteiger partial charge in [0.1, 0.15) is 11.2 Å². The fraction of sp³-hybridized carbons (Fsp3) is 0.174. The highest BCUT2D eigenvalue weighted by atomic mass is 32.2. The van der Waals surface area contributed by atoms with Gasteiger partial charge in [-0.05, 0) is 36.3 Å². The van der Waals surface area contributed by atoms with E-state index >= 15 is 0 Å². The van der Waals surface area contributed by atoms with E-state index in [0.29, 0.717) is 0 Å². The molecule has 0 fully saturated rings. The van der Waals surface area contributed by atoms with Gasteiger partial charge in [-0.15, -0.1) is 0 Å². The smallest absolute Gasteiger partial charge is 0.370 e. The lowest BCUT2D eigenvalue weighted by molar-refractivity contribution is -0.657. The quantitative estimate of drug-likeness (QED) is 0.509. The number of fused-ring (bicyclic) bond motifs is 2. The Labute approximate surface area is 187 Å². The van der Waals surface area contributed by atoms with Crippen LogP contribution in [0.5, 0.6) is 0 Å². The Kier molecular flexibility index (Phi) is 6.11. The number of anilines is 1. The normalized spacial score (nSPS) is 14.9. The van der Waals surface area contributed by atoms with E-state index in [9.17, 15) is 19.8 Å². The van der Waals surface area contributed by atoms with E-state index in [-0.39, 0.29) is 13.1 Å². The van der Waals surface area contributed by atoms with Gasteiger partial charge in [-0.1, -0.05) is 54.3 Å². The second-order valence-electron chi connectivity index (χ2n) is 6.99. The highest BCUT2D eigenvalue weighted by Gasteiger charge is 2.27. The number of para-hydroxylation sites is 2. The third-order valence-corrected chi connectivity index (χ3v) is 7.11. The van der Waals surface area contributed by atoms with Gasteiger partial charge in [0.15, 0.2) is 0 Å². The molecule has 0 saturated heterocycles. The lowest BCUT2D eigenvalue weighted by Crippen LogP contribution is -2.39. The van der Waals surface area contributed by atoms with Crippen molar-refractivity contribution in [1.29, 1.82) is 0 Å². The first-order valence-electron chi connectivity index (χ1n) is 9.78. The summed E-state index contributed by atoms with van der Waals surface area (Å²) in [5.41, 5.74) is 2.77. The first-order chi connectivity index (χ1) is 15.0. The molecular weight excluding hydrogens is 432 g/mol. The summed E-state index contributed by atoms with van der Waals surface area (Å²) < 4.78 is 2.83. The number of nitrogens with zero attached hydrogens (tertiary/aromatic N) is 2. The predicted octanol–water partition coefficient (Wildman–Crippen LogP) is 4.61. The van der Waals surface area contributed by atoms with Crippen LogP contribution in [0.3, 0.4) is 0 Å². The molecule has 1 aliphatic rings. The first-order valence-corrected chi connectivity index (χ1v) is 11.4. The van der Waals surface area contributed by atoms with Crippen molar-refractivity contribution in [3.05, 3.63) is 70.2 Å². The number of carboxylic acids is 2. The van der Waals surface area contributed by atoms with E-state index in [4.69, 9.17) is 0 Å². The first kappa shape index (κ1) is 21.1. The average Bonchev–Trinajstić information content (AvgIpc) is 3.25. The number of thioether (sulfide) groups is 1. The molecule has 0 aliphatic carbocycles. The minimum atomic E-state index is -0.894. The maximum absolute atomic E-state index is 11.5. The number of aliphatic carboxylic acids is 2. The van der Waals surface area contributed by atoms with E-state index in [0.717, 1.165) is 42.8 Å². The highest BCUT2D eigenvalue weighted by Crippen LogP contribution is 2.46. The molecule has 6 nitrogen and oxygen atoms in total. The number of hydrogen-bond acceptors (Lipinski definition) is 5. The summed E-state index contributed by atoms with van der Waals surface area (Å²) in [5.74, 6) is -1.79. The Morgan fingerprint density at radius 3 is 2.55 bits per heavy atom. The summed E-state index contributed by atoms with van der Waals surface area (Å²) in [7, 11) is 0. The maximum Gasteiger partial charge on any atom is 0.370 e. The molecule has 2 N–H and O–H groups in total. The van der Waals surface area contributed by atoms with E-state index in [1.807, 2.05) is 77.1 Å². The van der Waals surface area contributed by atoms with E-state index in [2.05, 4.69) is 0 Å². The Balaban J connectivity index is 1.76. The minimum absolute atomic E-state index is 0.116. The van der Waals surface area contributed by atoms with Gasteiger partial charge in [-0.2, -0.15) is 4.57 Å². The molecule has 1 aromatic heterocycles. The SMILES string of the molecule is CCC(=Cc1sc2ccccc2[n+]1CC(=O)O)C=C1Sc2ccccc2N1CC(=O)O. The molecule has 0 radical (unpaired) electrons. The largest absolute Gasteiger partial charge is 0.480 e. The average molecular weight is 454 g/mol. The molecule has 4 rings (SSSR count). The van der Waals surface area contributed by atoms with Crippen molar-refractivity contribution in [3.63, 3.8) is 0 Å². The van der Waals surface area contributed by atoms with Crippen molar-refractivity contribution in [2.24, 2.45) is 0 Å².